The van der Waals surface area contributed by atoms with Crippen molar-refractivity contribution >= 4 is 23.7 Å². The van der Waals surface area contributed by atoms with Gasteiger partial charge in [-0.25, -0.2) is 5.43 Å². The number of ether oxygens (including phenoxy) is 3. The maximum atomic E-state index is 11.8. The van der Waals surface area contributed by atoms with Gasteiger partial charge in [0.05, 0.1) is 25.0 Å². The molecule has 0 atom stereocenters. The van der Waals surface area contributed by atoms with E-state index >= 15 is 0 Å². The number of methoxy groups -OCH3 is 1. The molecule has 0 aliphatic rings. The average molecular weight is 379 g/mol. The molecule has 0 unspecified atom stereocenters. The Labute approximate surface area is 156 Å². The molecule has 0 heterocycles. The molecule has 0 radical (unpaired) electrons. The number of carbonyl (C=O) groups excluding carboxylic acids is 1. The topological polar surface area (TPSA) is 89.4 Å². The molecule has 138 valence electrons. The number of benzene rings is 2. The Kier molecular flexibility index (Phi) is 7.11. The van der Waals surface area contributed by atoms with Gasteiger partial charge in [-0.2, -0.15) is 5.10 Å². The first-order valence-corrected chi connectivity index (χ1v) is 8.16. The smallest absolute Gasteiger partial charge is 0.277 e. The van der Waals surface area contributed by atoms with Crippen LogP contribution < -0.4 is 19.6 Å². The van der Waals surface area contributed by atoms with Gasteiger partial charge in [0.2, 0.25) is 0 Å². The van der Waals surface area contributed by atoms with Crippen molar-refractivity contribution in [1.29, 1.82) is 0 Å². The monoisotopic (exact) mass is 378 g/mol. The Morgan fingerprint density at radius 3 is 2.65 bits per heavy atom. The lowest BCUT2D eigenvalue weighted by atomic mass is 10.2. The largest absolute Gasteiger partial charge is 0.503 e. The van der Waals surface area contributed by atoms with Gasteiger partial charge in [0, 0.05) is 0 Å². The number of hydrogen-bond acceptors (Lipinski definition) is 6. The van der Waals surface area contributed by atoms with Crippen molar-refractivity contribution in [2.24, 2.45) is 5.10 Å². The predicted octanol–water partition coefficient (Wildman–Crippen LogP) is 2.98. The number of aromatic hydroxyl groups is 1. The number of nitrogens with zero attached hydrogens (tertiary/aromatic N) is 1. The third-order valence-electron chi connectivity index (χ3n) is 3.18. The quantitative estimate of drug-likeness (QED) is 0.544. The molecule has 2 aromatic carbocycles. The van der Waals surface area contributed by atoms with E-state index < -0.39 is 5.91 Å². The molecule has 2 aromatic rings. The summed E-state index contributed by atoms with van der Waals surface area (Å²) in [5.41, 5.74) is 2.90. The third kappa shape index (κ3) is 5.29. The van der Waals surface area contributed by atoms with Crippen LogP contribution in [0.25, 0.3) is 0 Å². The Balaban J connectivity index is 1.92. The standard InChI is InChI=1S/C18H19ClN2O5/c1-3-25-16-9-12(8-13(19)18(16)23)10-20-21-17(22)11-26-15-7-5-4-6-14(15)24-2/h4-10,23H,3,11H2,1-2H3,(H,21,22)/b20-10+. The summed E-state index contributed by atoms with van der Waals surface area (Å²) in [6, 6.07) is 10.1. The molecule has 0 aromatic heterocycles. The summed E-state index contributed by atoms with van der Waals surface area (Å²) >= 11 is 5.93. The highest BCUT2D eigenvalue weighted by molar-refractivity contribution is 6.32. The van der Waals surface area contributed by atoms with Gasteiger partial charge >= 0.3 is 0 Å². The van der Waals surface area contributed by atoms with Crippen molar-refractivity contribution in [3.63, 3.8) is 0 Å². The molecule has 0 bridgehead atoms. The van der Waals surface area contributed by atoms with Crippen molar-refractivity contribution in [3.05, 3.63) is 47.0 Å². The highest BCUT2D eigenvalue weighted by atomic mass is 35.5. The molecular weight excluding hydrogens is 360 g/mol. The zero-order valence-corrected chi connectivity index (χ0v) is 15.1. The molecule has 7 nitrogen and oxygen atoms in total. The molecular formula is C18H19ClN2O5. The number of nitrogens with one attached hydrogen (secondary N) is 1. The SMILES string of the molecule is CCOc1cc(/C=N/NC(=O)COc2ccccc2OC)cc(Cl)c1O. The van der Waals surface area contributed by atoms with Gasteiger partial charge in [-0.05, 0) is 36.8 Å². The molecule has 1 amide bonds. The second-order valence-electron chi connectivity index (χ2n) is 5.02. The van der Waals surface area contributed by atoms with Gasteiger partial charge in [-0.3, -0.25) is 4.79 Å². The maximum absolute atomic E-state index is 11.8. The lowest BCUT2D eigenvalue weighted by molar-refractivity contribution is -0.123. The summed E-state index contributed by atoms with van der Waals surface area (Å²) in [6.45, 7) is 1.94. The van der Waals surface area contributed by atoms with E-state index in [2.05, 4.69) is 10.5 Å². The normalized spacial score (nSPS) is 10.6. The fraction of sp³-hybridized carbons (Fsp3) is 0.222. The molecule has 0 spiro atoms. The van der Waals surface area contributed by atoms with Crippen molar-refractivity contribution in [3.8, 4) is 23.0 Å². The summed E-state index contributed by atoms with van der Waals surface area (Å²) in [5.74, 6) is 0.654. The number of phenols is 1. The van der Waals surface area contributed by atoms with E-state index in [0.717, 1.165) is 0 Å². The van der Waals surface area contributed by atoms with E-state index in [-0.39, 0.29) is 23.1 Å². The number of hydrogen-bond donors (Lipinski definition) is 2. The van der Waals surface area contributed by atoms with Crippen LogP contribution in [0.5, 0.6) is 23.0 Å². The summed E-state index contributed by atoms with van der Waals surface area (Å²) < 4.78 is 15.8. The molecule has 0 aliphatic heterocycles. The first-order valence-electron chi connectivity index (χ1n) is 7.78. The number of hydrazone groups is 1. The third-order valence-corrected chi connectivity index (χ3v) is 3.47. The number of para-hydroxylation sites is 2. The van der Waals surface area contributed by atoms with E-state index in [9.17, 15) is 9.90 Å². The molecule has 0 fully saturated rings. The number of phenolic OH excluding ortho intramolecular Hbond substituents is 1. The second kappa shape index (κ2) is 9.53. The maximum Gasteiger partial charge on any atom is 0.277 e. The minimum absolute atomic E-state index is 0.128. The Hall–Kier alpha value is -2.93. The molecule has 0 saturated heterocycles. The van der Waals surface area contributed by atoms with Gasteiger partial charge in [-0.15, -0.1) is 0 Å². The molecule has 2 rings (SSSR count). The van der Waals surface area contributed by atoms with Crippen LogP contribution >= 0.6 is 11.6 Å². The molecule has 0 aliphatic carbocycles. The fourth-order valence-corrected chi connectivity index (χ4v) is 2.25. The molecule has 8 heteroatoms. The lowest BCUT2D eigenvalue weighted by Crippen LogP contribution is -2.24. The minimum Gasteiger partial charge on any atom is -0.503 e. The zero-order chi connectivity index (χ0) is 18.9. The van der Waals surface area contributed by atoms with Gasteiger partial charge in [0.25, 0.3) is 5.91 Å². The molecule has 26 heavy (non-hydrogen) atoms. The Bertz CT molecular complexity index is 795. The van der Waals surface area contributed by atoms with E-state index in [0.29, 0.717) is 23.7 Å². The summed E-state index contributed by atoms with van der Waals surface area (Å²) in [7, 11) is 1.52. The van der Waals surface area contributed by atoms with Crippen LogP contribution in [0.3, 0.4) is 0 Å². The minimum atomic E-state index is -0.443. The first kappa shape index (κ1) is 19.4. The van der Waals surface area contributed by atoms with Crippen LogP contribution in [0, 0.1) is 0 Å². The van der Waals surface area contributed by atoms with Gasteiger partial charge < -0.3 is 19.3 Å². The van der Waals surface area contributed by atoms with E-state index in [1.807, 2.05) is 0 Å². The summed E-state index contributed by atoms with van der Waals surface area (Å²) in [5, 5.41) is 13.8. The Morgan fingerprint density at radius 2 is 1.96 bits per heavy atom. The van der Waals surface area contributed by atoms with Crippen molar-refractivity contribution in [2.75, 3.05) is 20.3 Å². The second-order valence-corrected chi connectivity index (χ2v) is 5.42. The Morgan fingerprint density at radius 1 is 1.23 bits per heavy atom. The van der Waals surface area contributed by atoms with Crippen molar-refractivity contribution in [2.45, 2.75) is 6.92 Å². The highest BCUT2D eigenvalue weighted by Gasteiger charge is 2.09. The van der Waals surface area contributed by atoms with Gasteiger partial charge in [0.15, 0.2) is 29.6 Å². The summed E-state index contributed by atoms with van der Waals surface area (Å²) in [6.07, 6.45) is 1.38. The fourth-order valence-electron chi connectivity index (χ4n) is 2.03. The van der Waals surface area contributed by atoms with Crippen LogP contribution in [-0.4, -0.2) is 37.6 Å². The molecule has 2 N–H and O–H groups in total. The van der Waals surface area contributed by atoms with E-state index in [1.165, 1.54) is 19.4 Å². The van der Waals surface area contributed by atoms with Crippen LogP contribution in [0.15, 0.2) is 41.5 Å². The number of rotatable bonds is 8. The first-order chi connectivity index (χ1) is 12.5. The molecule has 0 saturated carbocycles. The van der Waals surface area contributed by atoms with E-state index in [4.69, 9.17) is 25.8 Å². The predicted molar refractivity (Wildman–Crippen MR) is 98.5 cm³/mol. The number of halogens is 1. The van der Waals surface area contributed by atoms with Gasteiger partial charge in [-0.1, -0.05) is 23.7 Å². The highest BCUT2D eigenvalue weighted by Crippen LogP contribution is 2.34. The van der Waals surface area contributed by atoms with Crippen LogP contribution in [0.1, 0.15) is 12.5 Å². The van der Waals surface area contributed by atoms with Crippen LogP contribution in [0.2, 0.25) is 5.02 Å². The summed E-state index contributed by atoms with van der Waals surface area (Å²) in [4.78, 5) is 11.8. The van der Waals surface area contributed by atoms with Crippen molar-refractivity contribution in [1.82, 2.24) is 5.43 Å². The van der Waals surface area contributed by atoms with Crippen LogP contribution in [-0.2, 0) is 4.79 Å². The van der Waals surface area contributed by atoms with Gasteiger partial charge in [0.1, 0.15) is 0 Å². The number of carbonyl (C=O) groups is 1. The lowest BCUT2D eigenvalue weighted by Gasteiger charge is -2.09. The van der Waals surface area contributed by atoms with Crippen molar-refractivity contribution < 1.29 is 24.1 Å². The van der Waals surface area contributed by atoms with E-state index in [1.54, 1.807) is 37.3 Å². The van der Waals surface area contributed by atoms with Crippen LogP contribution in [0.4, 0.5) is 0 Å². The zero-order valence-electron chi connectivity index (χ0n) is 14.4. The number of amides is 1. The average Bonchev–Trinajstić information content (AvgIpc) is 2.64.